The molecule has 0 amide bonds. The molecule has 1 aromatic rings. The van der Waals surface area contributed by atoms with E-state index in [1.807, 2.05) is 39.8 Å². The number of nitrogens with zero attached hydrogens (tertiary/aromatic N) is 1. The Morgan fingerprint density at radius 1 is 1.42 bits per heavy atom. The van der Waals surface area contributed by atoms with Crippen molar-refractivity contribution in [3.05, 3.63) is 29.3 Å². The second-order valence-corrected chi connectivity index (χ2v) is 5.84. The minimum Gasteiger partial charge on any atom is -0.493 e. The number of hydrogen-bond acceptors (Lipinski definition) is 3. The number of rotatable bonds is 6. The molecular formula is C16H24N2O. The van der Waals surface area contributed by atoms with Crippen molar-refractivity contribution in [2.45, 2.75) is 46.6 Å². The summed E-state index contributed by atoms with van der Waals surface area (Å²) in [6, 6.07) is 8.52. The van der Waals surface area contributed by atoms with Gasteiger partial charge in [-0.1, -0.05) is 18.2 Å². The fourth-order valence-electron chi connectivity index (χ4n) is 1.89. The predicted molar refractivity (Wildman–Crippen MR) is 78.0 cm³/mol. The highest BCUT2D eigenvalue weighted by molar-refractivity contribution is 5.41. The Kier molecular flexibility index (Phi) is 5.38. The van der Waals surface area contributed by atoms with Crippen molar-refractivity contribution in [1.82, 2.24) is 0 Å². The van der Waals surface area contributed by atoms with E-state index in [2.05, 4.69) is 12.1 Å². The van der Waals surface area contributed by atoms with Gasteiger partial charge in [-0.2, -0.15) is 5.26 Å². The number of para-hydroxylation sites is 1. The van der Waals surface area contributed by atoms with E-state index in [1.54, 1.807) is 0 Å². The van der Waals surface area contributed by atoms with Gasteiger partial charge < -0.3 is 10.5 Å². The van der Waals surface area contributed by atoms with Crippen LogP contribution >= 0.6 is 0 Å². The topological polar surface area (TPSA) is 59.0 Å². The van der Waals surface area contributed by atoms with Crippen molar-refractivity contribution in [3.8, 4) is 11.8 Å². The fraction of sp³-hybridized carbons (Fsp3) is 0.562. The molecule has 19 heavy (non-hydrogen) atoms. The van der Waals surface area contributed by atoms with E-state index in [1.165, 1.54) is 0 Å². The molecule has 2 N–H and O–H groups in total. The van der Waals surface area contributed by atoms with Gasteiger partial charge in [-0.25, -0.2) is 0 Å². The molecule has 1 unspecified atom stereocenters. The van der Waals surface area contributed by atoms with E-state index in [0.717, 1.165) is 29.7 Å². The van der Waals surface area contributed by atoms with Gasteiger partial charge in [0.2, 0.25) is 0 Å². The van der Waals surface area contributed by atoms with Crippen molar-refractivity contribution in [2.75, 3.05) is 6.61 Å². The molecule has 0 aliphatic heterocycles. The lowest BCUT2D eigenvalue weighted by atomic mass is 9.92. The third-order valence-corrected chi connectivity index (χ3v) is 3.11. The average Bonchev–Trinajstić information content (AvgIpc) is 2.32. The normalized spacial score (nSPS) is 12.8. The Morgan fingerprint density at radius 2 is 2.11 bits per heavy atom. The lowest BCUT2D eigenvalue weighted by Gasteiger charge is -2.19. The monoisotopic (exact) mass is 260 g/mol. The molecule has 1 atom stereocenters. The van der Waals surface area contributed by atoms with Crippen LogP contribution in [0, 0.1) is 23.7 Å². The van der Waals surface area contributed by atoms with Crippen molar-refractivity contribution in [3.63, 3.8) is 0 Å². The third kappa shape index (κ3) is 4.92. The summed E-state index contributed by atoms with van der Waals surface area (Å²) in [6.07, 6.45) is 1.52. The number of aryl methyl sites for hydroxylation is 1. The molecule has 0 radical (unpaired) electrons. The Bertz CT molecular complexity index is 458. The number of nitriles is 1. The maximum absolute atomic E-state index is 9.00. The minimum atomic E-state index is -0.343. The molecule has 1 rings (SSSR count). The van der Waals surface area contributed by atoms with Crippen LogP contribution in [0.15, 0.2) is 18.2 Å². The van der Waals surface area contributed by atoms with E-state index in [9.17, 15) is 0 Å². The van der Waals surface area contributed by atoms with Gasteiger partial charge in [0.15, 0.2) is 0 Å². The second-order valence-electron chi connectivity index (χ2n) is 5.84. The Hall–Kier alpha value is -1.53. The molecule has 0 aromatic heterocycles. The van der Waals surface area contributed by atoms with E-state index in [-0.39, 0.29) is 11.5 Å². The van der Waals surface area contributed by atoms with E-state index in [0.29, 0.717) is 6.61 Å². The van der Waals surface area contributed by atoms with Crippen LogP contribution in [-0.2, 0) is 6.42 Å². The summed E-state index contributed by atoms with van der Waals surface area (Å²) in [7, 11) is 0. The third-order valence-electron chi connectivity index (χ3n) is 3.11. The van der Waals surface area contributed by atoms with Crippen molar-refractivity contribution in [1.29, 1.82) is 5.26 Å². The van der Waals surface area contributed by atoms with E-state index in [4.69, 9.17) is 15.7 Å². The fourth-order valence-corrected chi connectivity index (χ4v) is 1.89. The highest BCUT2D eigenvalue weighted by Crippen LogP contribution is 2.26. The highest BCUT2D eigenvalue weighted by atomic mass is 16.5. The van der Waals surface area contributed by atoms with Crippen LogP contribution in [0.5, 0.6) is 5.75 Å². The first-order chi connectivity index (χ1) is 8.85. The SMILES string of the molecule is Cc1cccc(CC(C)N)c1OCCC(C)(C)C#N. The van der Waals surface area contributed by atoms with E-state index < -0.39 is 0 Å². The van der Waals surface area contributed by atoms with Gasteiger partial charge in [-0.3, -0.25) is 0 Å². The Morgan fingerprint density at radius 3 is 2.68 bits per heavy atom. The van der Waals surface area contributed by atoms with Crippen molar-refractivity contribution < 1.29 is 4.74 Å². The molecule has 104 valence electrons. The lowest BCUT2D eigenvalue weighted by Crippen LogP contribution is -2.19. The Labute approximate surface area is 116 Å². The second kappa shape index (κ2) is 6.58. The molecule has 0 bridgehead atoms. The van der Waals surface area contributed by atoms with Gasteiger partial charge in [0.1, 0.15) is 5.75 Å². The number of nitrogens with two attached hydrogens (primary N) is 1. The zero-order chi connectivity index (χ0) is 14.5. The van der Waals surface area contributed by atoms with E-state index >= 15 is 0 Å². The summed E-state index contributed by atoms with van der Waals surface area (Å²) >= 11 is 0. The van der Waals surface area contributed by atoms with Crippen molar-refractivity contribution in [2.24, 2.45) is 11.1 Å². The van der Waals surface area contributed by atoms with Crippen LogP contribution in [0.3, 0.4) is 0 Å². The highest BCUT2D eigenvalue weighted by Gasteiger charge is 2.17. The lowest BCUT2D eigenvalue weighted by molar-refractivity contribution is 0.260. The maximum atomic E-state index is 9.00. The molecule has 0 heterocycles. The molecule has 3 heteroatoms. The van der Waals surface area contributed by atoms with Gasteiger partial charge >= 0.3 is 0 Å². The zero-order valence-electron chi connectivity index (χ0n) is 12.4. The van der Waals surface area contributed by atoms with Gasteiger partial charge in [-0.15, -0.1) is 0 Å². The largest absolute Gasteiger partial charge is 0.493 e. The maximum Gasteiger partial charge on any atom is 0.125 e. The molecule has 0 spiro atoms. The number of benzene rings is 1. The van der Waals surface area contributed by atoms with Crippen LogP contribution in [0.2, 0.25) is 0 Å². The summed E-state index contributed by atoms with van der Waals surface area (Å²) in [5.41, 5.74) is 7.78. The first-order valence-corrected chi connectivity index (χ1v) is 6.74. The summed E-state index contributed by atoms with van der Waals surface area (Å²) in [5, 5.41) is 9.00. The van der Waals surface area contributed by atoms with Crippen LogP contribution in [-0.4, -0.2) is 12.6 Å². The van der Waals surface area contributed by atoms with Gasteiger partial charge in [0.25, 0.3) is 0 Å². The van der Waals surface area contributed by atoms with Crippen LogP contribution < -0.4 is 10.5 Å². The summed E-state index contributed by atoms with van der Waals surface area (Å²) in [4.78, 5) is 0. The quantitative estimate of drug-likeness (QED) is 0.854. The summed E-state index contributed by atoms with van der Waals surface area (Å²) < 4.78 is 5.90. The van der Waals surface area contributed by atoms with Crippen LogP contribution in [0.4, 0.5) is 0 Å². The van der Waals surface area contributed by atoms with Gasteiger partial charge in [0.05, 0.1) is 18.1 Å². The molecular weight excluding hydrogens is 236 g/mol. The van der Waals surface area contributed by atoms with Gasteiger partial charge in [-0.05, 0) is 51.7 Å². The first-order valence-electron chi connectivity index (χ1n) is 6.74. The number of hydrogen-bond donors (Lipinski definition) is 1. The first kappa shape index (κ1) is 15.5. The smallest absolute Gasteiger partial charge is 0.125 e. The van der Waals surface area contributed by atoms with Crippen LogP contribution in [0.25, 0.3) is 0 Å². The predicted octanol–water partition coefficient (Wildman–Crippen LogP) is 3.20. The summed E-state index contributed by atoms with van der Waals surface area (Å²) in [5.74, 6) is 0.925. The van der Waals surface area contributed by atoms with Crippen LogP contribution in [0.1, 0.15) is 38.3 Å². The number of ether oxygens (including phenoxy) is 1. The molecule has 0 saturated heterocycles. The standard InChI is InChI=1S/C16H24N2O/c1-12-6-5-7-14(10-13(2)18)15(12)19-9-8-16(3,4)11-17/h5-7,13H,8-10,18H2,1-4H3. The zero-order valence-corrected chi connectivity index (χ0v) is 12.4. The molecule has 0 aliphatic carbocycles. The molecule has 1 aromatic carbocycles. The average molecular weight is 260 g/mol. The molecule has 0 fully saturated rings. The molecule has 0 saturated carbocycles. The van der Waals surface area contributed by atoms with Crippen molar-refractivity contribution >= 4 is 0 Å². The summed E-state index contributed by atoms with van der Waals surface area (Å²) in [6.45, 7) is 8.44. The van der Waals surface area contributed by atoms with Gasteiger partial charge in [0, 0.05) is 6.04 Å². The molecule has 0 aliphatic rings. The Balaban J connectivity index is 2.75. The minimum absolute atomic E-state index is 0.111. The molecule has 3 nitrogen and oxygen atoms in total.